The summed E-state index contributed by atoms with van der Waals surface area (Å²) in [6.45, 7) is 3.46. The Labute approximate surface area is 173 Å². The van der Waals surface area contributed by atoms with Crippen molar-refractivity contribution >= 4 is 43.6 Å². The summed E-state index contributed by atoms with van der Waals surface area (Å²) in [4.78, 5) is 12.4. The highest BCUT2D eigenvalue weighted by Gasteiger charge is 2.25. The first-order valence-electron chi connectivity index (χ1n) is 8.79. The van der Waals surface area contributed by atoms with Crippen molar-refractivity contribution in [3.63, 3.8) is 0 Å². The van der Waals surface area contributed by atoms with Gasteiger partial charge in [-0.2, -0.15) is 4.31 Å². The maximum absolute atomic E-state index is 12.6. The van der Waals surface area contributed by atoms with Crippen molar-refractivity contribution in [2.75, 3.05) is 31.6 Å². The molecule has 1 fully saturated rings. The van der Waals surface area contributed by atoms with Gasteiger partial charge in [-0.25, -0.2) is 8.42 Å². The molecule has 1 aliphatic rings. The molecular formula is C20H21BrN2O4S. The molecule has 0 radical (unpaired) electrons. The number of aryl methyl sites for hydroxylation is 1. The van der Waals surface area contributed by atoms with Gasteiger partial charge in [-0.1, -0.05) is 28.1 Å². The maximum atomic E-state index is 12.6. The third-order valence-electron chi connectivity index (χ3n) is 4.36. The van der Waals surface area contributed by atoms with Crippen LogP contribution in [0.1, 0.15) is 11.1 Å². The number of nitrogens with zero attached hydrogens (tertiary/aromatic N) is 1. The lowest BCUT2D eigenvalue weighted by atomic mass is 10.2. The largest absolute Gasteiger partial charge is 0.379 e. The van der Waals surface area contributed by atoms with Crippen molar-refractivity contribution in [3.05, 3.63) is 64.1 Å². The quantitative estimate of drug-likeness (QED) is 0.687. The summed E-state index contributed by atoms with van der Waals surface area (Å²) in [7, 11) is -3.51. The van der Waals surface area contributed by atoms with Crippen LogP contribution in [-0.2, 0) is 19.6 Å². The number of ether oxygens (including phenoxy) is 1. The Bertz CT molecular complexity index is 982. The van der Waals surface area contributed by atoms with E-state index in [1.54, 1.807) is 30.3 Å². The van der Waals surface area contributed by atoms with Gasteiger partial charge in [0, 0.05) is 29.3 Å². The van der Waals surface area contributed by atoms with Crippen molar-refractivity contribution in [1.29, 1.82) is 0 Å². The summed E-state index contributed by atoms with van der Waals surface area (Å²) in [5.41, 5.74) is 2.43. The summed E-state index contributed by atoms with van der Waals surface area (Å²) in [6, 6.07) is 12.1. The van der Waals surface area contributed by atoms with Crippen LogP contribution in [-0.4, -0.2) is 44.9 Å². The number of sulfonamides is 1. The number of carbonyl (C=O) groups excluding carboxylic acids is 1. The summed E-state index contributed by atoms with van der Waals surface area (Å²) >= 11 is 3.39. The van der Waals surface area contributed by atoms with E-state index in [0.29, 0.717) is 26.3 Å². The molecule has 0 saturated carbocycles. The number of halogens is 1. The SMILES string of the molecule is Cc1cc(Br)ccc1NC(=O)C=Cc1ccc(S(=O)(=O)N2CCOCC2)cc1. The summed E-state index contributed by atoms with van der Waals surface area (Å²) in [5, 5.41) is 2.83. The van der Waals surface area contributed by atoms with Gasteiger partial charge >= 0.3 is 0 Å². The molecule has 8 heteroatoms. The maximum Gasteiger partial charge on any atom is 0.248 e. The van der Waals surface area contributed by atoms with Crippen molar-refractivity contribution in [3.8, 4) is 0 Å². The molecule has 0 aliphatic carbocycles. The van der Waals surface area contributed by atoms with Gasteiger partial charge in [0.2, 0.25) is 15.9 Å². The zero-order chi connectivity index (χ0) is 20.1. The smallest absolute Gasteiger partial charge is 0.248 e. The first kappa shape index (κ1) is 20.7. The Hall–Kier alpha value is -2.00. The van der Waals surface area contributed by atoms with Gasteiger partial charge in [0.1, 0.15) is 0 Å². The Morgan fingerprint density at radius 2 is 1.82 bits per heavy atom. The van der Waals surface area contributed by atoms with Crippen molar-refractivity contribution in [2.45, 2.75) is 11.8 Å². The zero-order valence-corrected chi connectivity index (χ0v) is 17.8. The van der Waals surface area contributed by atoms with Crippen LogP contribution in [0.5, 0.6) is 0 Å². The number of amides is 1. The van der Waals surface area contributed by atoms with E-state index in [2.05, 4.69) is 21.2 Å². The van der Waals surface area contributed by atoms with Gasteiger partial charge in [0.15, 0.2) is 0 Å². The van der Waals surface area contributed by atoms with Crippen LogP contribution in [0.15, 0.2) is 57.9 Å². The molecule has 1 amide bonds. The Morgan fingerprint density at radius 3 is 2.46 bits per heavy atom. The van der Waals surface area contributed by atoms with Gasteiger partial charge in [-0.3, -0.25) is 4.79 Å². The molecule has 1 saturated heterocycles. The molecule has 1 heterocycles. The Balaban J connectivity index is 1.65. The predicted octanol–water partition coefficient (Wildman–Crippen LogP) is 3.43. The second kappa shape index (κ2) is 9.00. The van der Waals surface area contributed by atoms with E-state index in [1.807, 2.05) is 25.1 Å². The molecule has 0 spiro atoms. The molecule has 1 N–H and O–H groups in total. The first-order valence-corrected chi connectivity index (χ1v) is 11.0. The minimum absolute atomic E-state index is 0.237. The first-order chi connectivity index (χ1) is 13.4. The standard InChI is InChI=1S/C20H21BrN2O4S/c1-15-14-17(21)5-8-19(15)22-20(24)9-4-16-2-6-18(7-3-16)28(25,26)23-10-12-27-13-11-23/h2-9,14H,10-13H2,1H3,(H,22,24). The number of hydrogen-bond acceptors (Lipinski definition) is 4. The minimum atomic E-state index is -3.51. The van der Waals surface area contributed by atoms with Gasteiger partial charge < -0.3 is 10.1 Å². The number of nitrogens with one attached hydrogen (secondary N) is 1. The highest BCUT2D eigenvalue weighted by atomic mass is 79.9. The highest BCUT2D eigenvalue weighted by Crippen LogP contribution is 2.20. The van der Waals surface area contributed by atoms with E-state index in [9.17, 15) is 13.2 Å². The summed E-state index contributed by atoms with van der Waals surface area (Å²) in [5.74, 6) is -0.254. The van der Waals surface area contributed by atoms with Crippen LogP contribution in [0.4, 0.5) is 5.69 Å². The predicted molar refractivity (Wildman–Crippen MR) is 113 cm³/mol. The van der Waals surface area contributed by atoms with Gasteiger partial charge in [0.25, 0.3) is 0 Å². The summed E-state index contributed by atoms with van der Waals surface area (Å²) in [6.07, 6.45) is 3.07. The molecule has 0 atom stereocenters. The van der Waals surface area contributed by atoms with Crippen LogP contribution >= 0.6 is 15.9 Å². The lowest BCUT2D eigenvalue weighted by molar-refractivity contribution is -0.111. The Morgan fingerprint density at radius 1 is 1.14 bits per heavy atom. The molecule has 148 valence electrons. The lowest BCUT2D eigenvalue weighted by Crippen LogP contribution is -2.40. The molecule has 2 aromatic carbocycles. The van der Waals surface area contributed by atoms with Crippen molar-refractivity contribution in [1.82, 2.24) is 4.31 Å². The fourth-order valence-corrected chi connectivity index (χ4v) is 4.68. The minimum Gasteiger partial charge on any atom is -0.379 e. The van der Waals surface area contributed by atoms with E-state index in [-0.39, 0.29) is 10.8 Å². The van der Waals surface area contributed by atoms with Crippen LogP contribution in [0.25, 0.3) is 6.08 Å². The normalized spacial score (nSPS) is 15.6. The molecule has 0 aromatic heterocycles. The Kier molecular flexibility index (Phi) is 6.66. The molecule has 0 bridgehead atoms. The molecule has 3 rings (SSSR count). The van der Waals surface area contributed by atoms with Gasteiger partial charge in [-0.05, 0) is 54.5 Å². The highest BCUT2D eigenvalue weighted by molar-refractivity contribution is 9.10. The molecule has 1 aliphatic heterocycles. The van der Waals surface area contributed by atoms with Crippen LogP contribution in [0, 0.1) is 6.92 Å². The molecule has 0 unspecified atom stereocenters. The topological polar surface area (TPSA) is 75.7 Å². The monoisotopic (exact) mass is 464 g/mol. The summed E-state index contributed by atoms with van der Waals surface area (Å²) < 4.78 is 32.8. The fourth-order valence-electron chi connectivity index (χ4n) is 2.80. The number of morpholine rings is 1. The van der Waals surface area contributed by atoms with Gasteiger partial charge in [0.05, 0.1) is 18.1 Å². The van der Waals surface area contributed by atoms with E-state index >= 15 is 0 Å². The van der Waals surface area contributed by atoms with Crippen LogP contribution < -0.4 is 5.32 Å². The average Bonchev–Trinajstić information content (AvgIpc) is 2.69. The third-order valence-corrected chi connectivity index (χ3v) is 6.77. The van der Waals surface area contributed by atoms with E-state index < -0.39 is 10.0 Å². The number of anilines is 1. The van der Waals surface area contributed by atoms with E-state index in [0.717, 1.165) is 21.3 Å². The fraction of sp³-hybridized carbons (Fsp3) is 0.250. The molecule has 28 heavy (non-hydrogen) atoms. The number of rotatable bonds is 5. The van der Waals surface area contributed by atoms with Crippen molar-refractivity contribution < 1.29 is 17.9 Å². The second-order valence-corrected chi connectivity index (χ2v) is 9.22. The molecule has 6 nitrogen and oxygen atoms in total. The van der Waals surface area contributed by atoms with E-state index in [4.69, 9.17) is 4.74 Å². The number of carbonyl (C=O) groups is 1. The second-order valence-electron chi connectivity index (χ2n) is 6.37. The molecule has 2 aromatic rings. The lowest BCUT2D eigenvalue weighted by Gasteiger charge is -2.26. The van der Waals surface area contributed by atoms with Gasteiger partial charge in [-0.15, -0.1) is 0 Å². The van der Waals surface area contributed by atoms with Crippen LogP contribution in [0.2, 0.25) is 0 Å². The van der Waals surface area contributed by atoms with E-state index in [1.165, 1.54) is 10.4 Å². The van der Waals surface area contributed by atoms with Crippen molar-refractivity contribution in [2.24, 2.45) is 0 Å². The third kappa shape index (κ3) is 5.08. The number of benzene rings is 2. The zero-order valence-electron chi connectivity index (χ0n) is 15.4. The molecular weight excluding hydrogens is 444 g/mol. The van der Waals surface area contributed by atoms with Crippen LogP contribution in [0.3, 0.4) is 0 Å². The number of hydrogen-bond donors (Lipinski definition) is 1. The average molecular weight is 465 g/mol.